The molecule has 2 aliphatic rings. The number of benzene rings is 1. The van der Waals surface area contributed by atoms with Gasteiger partial charge in [-0.3, -0.25) is 0 Å². The molecule has 0 amide bonds. The fraction of sp³-hybridized carbons (Fsp3) is 0.625. The molecule has 1 heterocycles. The molecule has 1 saturated heterocycles. The zero-order valence-electron chi connectivity index (χ0n) is 11.0. The Morgan fingerprint density at radius 3 is 2.61 bits per heavy atom. The van der Waals surface area contributed by atoms with Gasteiger partial charge in [0.15, 0.2) is 0 Å². The lowest BCUT2D eigenvalue weighted by Crippen LogP contribution is -2.18. The molecule has 18 heavy (non-hydrogen) atoms. The van der Waals surface area contributed by atoms with Crippen LogP contribution in [0.1, 0.15) is 42.7 Å². The summed E-state index contributed by atoms with van der Waals surface area (Å²) in [5.41, 5.74) is 2.93. The van der Waals surface area contributed by atoms with Gasteiger partial charge in [0, 0.05) is 19.8 Å². The van der Waals surface area contributed by atoms with Crippen molar-refractivity contribution in [1.82, 2.24) is 5.32 Å². The number of nitrogens with one attached hydrogen (secondary N) is 1. The first kappa shape index (κ1) is 12.2. The van der Waals surface area contributed by atoms with Crippen molar-refractivity contribution < 1.29 is 4.74 Å². The van der Waals surface area contributed by atoms with E-state index in [2.05, 4.69) is 29.6 Å². The van der Waals surface area contributed by atoms with E-state index < -0.39 is 0 Å². The highest BCUT2D eigenvalue weighted by atomic mass is 16.5. The van der Waals surface area contributed by atoms with Crippen LogP contribution < -0.4 is 5.32 Å². The van der Waals surface area contributed by atoms with Gasteiger partial charge in [-0.1, -0.05) is 24.3 Å². The topological polar surface area (TPSA) is 21.3 Å². The molecule has 0 spiro atoms. The molecule has 98 valence electrons. The van der Waals surface area contributed by atoms with Gasteiger partial charge in [0.25, 0.3) is 0 Å². The minimum absolute atomic E-state index is 0.787. The van der Waals surface area contributed by atoms with Crippen LogP contribution in [-0.4, -0.2) is 19.8 Å². The molecule has 1 saturated carbocycles. The van der Waals surface area contributed by atoms with Crippen LogP contribution in [0.5, 0.6) is 0 Å². The Morgan fingerprint density at radius 2 is 1.94 bits per heavy atom. The third-order valence-electron chi connectivity index (χ3n) is 4.11. The molecule has 1 N–H and O–H groups in total. The predicted octanol–water partition coefficient (Wildman–Crippen LogP) is 3.08. The van der Waals surface area contributed by atoms with E-state index in [0.717, 1.165) is 38.1 Å². The van der Waals surface area contributed by atoms with E-state index in [0.29, 0.717) is 0 Å². The van der Waals surface area contributed by atoms with Crippen molar-refractivity contribution in [1.29, 1.82) is 0 Å². The van der Waals surface area contributed by atoms with Crippen LogP contribution in [0.2, 0.25) is 0 Å². The Kier molecular flexibility index (Phi) is 3.96. The van der Waals surface area contributed by atoms with Crippen LogP contribution in [0, 0.1) is 5.92 Å². The second-order valence-corrected chi connectivity index (χ2v) is 5.71. The van der Waals surface area contributed by atoms with Crippen LogP contribution in [0.3, 0.4) is 0 Å². The van der Waals surface area contributed by atoms with Gasteiger partial charge < -0.3 is 10.1 Å². The van der Waals surface area contributed by atoms with Crippen molar-refractivity contribution in [2.75, 3.05) is 19.8 Å². The largest absolute Gasteiger partial charge is 0.381 e. The first-order valence-corrected chi connectivity index (χ1v) is 7.29. The summed E-state index contributed by atoms with van der Waals surface area (Å²) < 4.78 is 5.39. The summed E-state index contributed by atoms with van der Waals surface area (Å²) in [6.07, 6.45) is 5.28. The van der Waals surface area contributed by atoms with E-state index in [1.165, 1.54) is 36.8 Å². The van der Waals surface area contributed by atoms with E-state index in [4.69, 9.17) is 4.74 Å². The van der Waals surface area contributed by atoms with Gasteiger partial charge in [0.2, 0.25) is 0 Å². The van der Waals surface area contributed by atoms with E-state index >= 15 is 0 Å². The predicted molar refractivity (Wildman–Crippen MR) is 73.7 cm³/mol. The van der Waals surface area contributed by atoms with E-state index in [1.54, 1.807) is 0 Å². The Morgan fingerprint density at radius 1 is 1.11 bits per heavy atom. The molecular formula is C16H23NO. The standard InChI is InChI=1S/C16H23NO/c1-3-15(16-5-6-16)4-2-13(1)11-17-9-7-14-8-10-18-12-14/h1-4,14,16-17H,5-12H2. The maximum Gasteiger partial charge on any atom is 0.0495 e. The smallest absolute Gasteiger partial charge is 0.0495 e. The maximum absolute atomic E-state index is 5.39. The van der Waals surface area contributed by atoms with Crippen molar-refractivity contribution in [3.63, 3.8) is 0 Å². The number of hydrogen-bond donors (Lipinski definition) is 1. The van der Waals surface area contributed by atoms with Crippen LogP contribution in [0.15, 0.2) is 24.3 Å². The second-order valence-electron chi connectivity index (χ2n) is 5.71. The molecule has 1 unspecified atom stereocenters. The molecule has 3 rings (SSSR count). The highest BCUT2D eigenvalue weighted by molar-refractivity contribution is 5.27. The van der Waals surface area contributed by atoms with Crippen molar-refractivity contribution in [2.45, 2.75) is 38.1 Å². The molecule has 0 radical (unpaired) electrons. The first-order chi connectivity index (χ1) is 8.92. The third-order valence-corrected chi connectivity index (χ3v) is 4.11. The first-order valence-electron chi connectivity index (χ1n) is 7.29. The summed E-state index contributed by atoms with van der Waals surface area (Å²) in [5.74, 6) is 1.66. The summed E-state index contributed by atoms with van der Waals surface area (Å²) >= 11 is 0. The summed E-state index contributed by atoms with van der Waals surface area (Å²) in [6, 6.07) is 9.16. The monoisotopic (exact) mass is 245 g/mol. The van der Waals surface area contributed by atoms with Crippen LogP contribution in [0.4, 0.5) is 0 Å². The van der Waals surface area contributed by atoms with Gasteiger partial charge in [-0.2, -0.15) is 0 Å². The highest BCUT2D eigenvalue weighted by Crippen LogP contribution is 2.39. The minimum Gasteiger partial charge on any atom is -0.381 e. The van der Waals surface area contributed by atoms with E-state index in [-0.39, 0.29) is 0 Å². The number of rotatable bonds is 6. The van der Waals surface area contributed by atoms with Crippen LogP contribution >= 0.6 is 0 Å². The molecular weight excluding hydrogens is 222 g/mol. The zero-order chi connectivity index (χ0) is 12.2. The minimum atomic E-state index is 0.787. The molecule has 1 aliphatic carbocycles. The normalized spacial score (nSPS) is 23.4. The van der Waals surface area contributed by atoms with Crippen molar-refractivity contribution in [3.8, 4) is 0 Å². The Labute approximate surface area is 110 Å². The number of hydrogen-bond acceptors (Lipinski definition) is 2. The molecule has 0 bridgehead atoms. The molecule has 1 atom stereocenters. The van der Waals surface area contributed by atoms with Crippen molar-refractivity contribution >= 4 is 0 Å². The lowest BCUT2D eigenvalue weighted by molar-refractivity contribution is 0.184. The van der Waals surface area contributed by atoms with Crippen molar-refractivity contribution in [3.05, 3.63) is 35.4 Å². The van der Waals surface area contributed by atoms with Gasteiger partial charge in [0.05, 0.1) is 0 Å². The SMILES string of the molecule is c1cc(C2CC2)ccc1CNCCC1CCOC1. The van der Waals surface area contributed by atoms with E-state index in [9.17, 15) is 0 Å². The molecule has 2 heteroatoms. The van der Waals surface area contributed by atoms with Gasteiger partial charge in [-0.25, -0.2) is 0 Å². The fourth-order valence-corrected chi connectivity index (χ4v) is 2.67. The summed E-state index contributed by atoms with van der Waals surface area (Å²) in [4.78, 5) is 0. The quantitative estimate of drug-likeness (QED) is 0.778. The Hall–Kier alpha value is -0.860. The Balaban J connectivity index is 1.36. The summed E-state index contributed by atoms with van der Waals surface area (Å²) in [7, 11) is 0. The average molecular weight is 245 g/mol. The third kappa shape index (κ3) is 3.33. The Bertz CT molecular complexity index is 363. The summed E-state index contributed by atoms with van der Waals surface area (Å²) in [6.45, 7) is 4.04. The molecule has 1 aromatic carbocycles. The zero-order valence-corrected chi connectivity index (χ0v) is 11.0. The maximum atomic E-state index is 5.39. The average Bonchev–Trinajstić information content (AvgIpc) is 3.13. The van der Waals surface area contributed by atoms with Gasteiger partial charge >= 0.3 is 0 Å². The molecule has 2 nitrogen and oxygen atoms in total. The second kappa shape index (κ2) is 5.85. The van der Waals surface area contributed by atoms with Crippen molar-refractivity contribution in [2.24, 2.45) is 5.92 Å². The van der Waals surface area contributed by atoms with E-state index in [1.807, 2.05) is 0 Å². The summed E-state index contributed by atoms with van der Waals surface area (Å²) in [5, 5.41) is 3.54. The fourth-order valence-electron chi connectivity index (χ4n) is 2.67. The molecule has 0 aromatic heterocycles. The molecule has 1 aliphatic heterocycles. The van der Waals surface area contributed by atoms with Gasteiger partial charge in [0.1, 0.15) is 0 Å². The lowest BCUT2D eigenvalue weighted by Gasteiger charge is -2.09. The molecule has 2 fully saturated rings. The van der Waals surface area contributed by atoms with Gasteiger partial charge in [-0.05, 0) is 55.2 Å². The number of ether oxygens (including phenoxy) is 1. The molecule has 1 aromatic rings. The lowest BCUT2D eigenvalue weighted by atomic mass is 10.1. The van der Waals surface area contributed by atoms with Crippen LogP contribution in [0.25, 0.3) is 0 Å². The van der Waals surface area contributed by atoms with Crippen LogP contribution in [-0.2, 0) is 11.3 Å². The highest BCUT2D eigenvalue weighted by Gasteiger charge is 2.22. The van der Waals surface area contributed by atoms with Gasteiger partial charge in [-0.15, -0.1) is 0 Å².